The Kier molecular flexibility index (Phi) is 7.85. The molecule has 2 aromatic rings. The van der Waals surface area contributed by atoms with Gasteiger partial charge in [0, 0.05) is 12.6 Å². The number of carbonyl (C=O) groups excluding carboxylic acids is 2. The maximum atomic E-state index is 12.7. The summed E-state index contributed by atoms with van der Waals surface area (Å²) >= 11 is 0. The lowest BCUT2D eigenvalue weighted by atomic mass is 10.1. The predicted octanol–water partition coefficient (Wildman–Crippen LogP) is 3.60. The summed E-state index contributed by atoms with van der Waals surface area (Å²) in [4.78, 5) is 23.5. The minimum atomic E-state index is -4.48. The van der Waals surface area contributed by atoms with Gasteiger partial charge in [-0.25, -0.2) is 4.79 Å². The lowest BCUT2D eigenvalue weighted by molar-refractivity contribution is -0.143. The van der Waals surface area contributed by atoms with Crippen molar-refractivity contribution in [1.29, 1.82) is 0 Å². The van der Waals surface area contributed by atoms with Crippen molar-refractivity contribution >= 4 is 18.0 Å². The van der Waals surface area contributed by atoms with Gasteiger partial charge in [-0.05, 0) is 41.5 Å². The van der Waals surface area contributed by atoms with Crippen molar-refractivity contribution in [3.05, 3.63) is 65.2 Å². The van der Waals surface area contributed by atoms with Crippen LogP contribution in [0.2, 0.25) is 0 Å². The van der Waals surface area contributed by atoms with Crippen LogP contribution in [-0.4, -0.2) is 32.7 Å². The van der Waals surface area contributed by atoms with Gasteiger partial charge in [0.25, 0.3) is 5.91 Å². The first-order valence-electron chi connectivity index (χ1n) is 8.72. The average Bonchev–Trinajstić information content (AvgIpc) is 2.74. The van der Waals surface area contributed by atoms with Crippen molar-refractivity contribution in [2.45, 2.75) is 12.7 Å². The molecule has 0 aliphatic carbocycles. The maximum absolute atomic E-state index is 12.7. The van der Waals surface area contributed by atoms with Crippen LogP contribution in [0, 0.1) is 0 Å². The summed E-state index contributed by atoms with van der Waals surface area (Å²) < 4.78 is 53.1. The molecule has 1 amide bonds. The van der Waals surface area contributed by atoms with E-state index in [9.17, 15) is 22.8 Å². The monoisotopic (exact) mass is 423 g/mol. The zero-order chi connectivity index (χ0) is 22.1. The van der Waals surface area contributed by atoms with E-state index in [4.69, 9.17) is 14.2 Å². The molecule has 160 valence electrons. The molecule has 0 aliphatic rings. The maximum Gasteiger partial charge on any atom is 0.416 e. The largest absolute Gasteiger partial charge is 0.493 e. The smallest absolute Gasteiger partial charge is 0.416 e. The van der Waals surface area contributed by atoms with Crippen LogP contribution >= 0.6 is 0 Å². The number of rotatable bonds is 8. The second kappa shape index (κ2) is 10.3. The molecule has 30 heavy (non-hydrogen) atoms. The number of hydrogen-bond donors (Lipinski definition) is 1. The lowest BCUT2D eigenvalue weighted by Crippen LogP contribution is -2.28. The Hall–Kier alpha value is -3.49. The van der Waals surface area contributed by atoms with E-state index in [0.29, 0.717) is 11.5 Å². The van der Waals surface area contributed by atoms with Crippen LogP contribution in [0.4, 0.5) is 13.2 Å². The molecule has 0 bridgehead atoms. The fourth-order valence-electron chi connectivity index (χ4n) is 2.41. The number of methoxy groups -OCH3 is 2. The number of hydrogen-bond acceptors (Lipinski definition) is 5. The molecule has 0 fully saturated rings. The fourth-order valence-corrected chi connectivity index (χ4v) is 2.41. The Balaban J connectivity index is 1.82. The summed E-state index contributed by atoms with van der Waals surface area (Å²) in [7, 11) is 3.00. The molecule has 1 N–H and O–H groups in total. The normalized spacial score (nSPS) is 11.2. The molecule has 0 atom stereocenters. The number of nitrogens with one attached hydrogen (secondary N) is 1. The molecule has 0 saturated carbocycles. The van der Waals surface area contributed by atoms with E-state index in [0.717, 1.165) is 23.8 Å². The summed E-state index contributed by atoms with van der Waals surface area (Å²) in [6.45, 7) is -0.351. The third-order valence-corrected chi connectivity index (χ3v) is 3.91. The number of amides is 1. The Bertz CT molecular complexity index is 925. The zero-order valence-corrected chi connectivity index (χ0v) is 16.3. The highest BCUT2D eigenvalue weighted by molar-refractivity contribution is 5.89. The minimum absolute atomic E-state index is 0.177. The molecular weight excluding hydrogens is 403 g/mol. The molecule has 0 aromatic heterocycles. The van der Waals surface area contributed by atoms with Gasteiger partial charge in [-0.1, -0.05) is 18.2 Å². The molecule has 2 aromatic carbocycles. The van der Waals surface area contributed by atoms with Gasteiger partial charge in [-0.3, -0.25) is 4.79 Å². The minimum Gasteiger partial charge on any atom is -0.493 e. The topological polar surface area (TPSA) is 73.9 Å². The second-order valence-corrected chi connectivity index (χ2v) is 6.03. The van der Waals surface area contributed by atoms with Gasteiger partial charge in [-0.2, -0.15) is 13.2 Å². The van der Waals surface area contributed by atoms with Gasteiger partial charge in [0.1, 0.15) is 0 Å². The van der Waals surface area contributed by atoms with Crippen molar-refractivity contribution in [1.82, 2.24) is 5.32 Å². The van der Waals surface area contributed by atoms with Gasteiger partial charge >= 0.3 is 12.1 Å². The van der Waals surface area contributed by atoms with Gasteiger partial charge in [0.2, 0.25) is 0 Å². The van der Waals surface area contributed by atoms with E-state index >= 15 is 0 Å². The summed E-state index contributed by atoms with van der Waals surface area (Å²) in [6.07, 6.45) is -2.34. The van der Waals surface area contributed by atoms with E-state index < -0.39 is 30.2 Å². The van der Waals surface area contributed by atoms with Gasteiger partial charge in [-0.15, -0.1) is 0 Å². The Morgan fingerprint density at radius 3 is 2.43 bits per heavy atom. The lowest BCUT2D eigenvalue weighted by Gasteiger charge is -2.10. The molecule has 0 unspecified atom stereocenters. The van der Waals surface area contributed by atoms with Crippen molar-refractivity contribution in [3.63, 3.8) is 0 Å². The highest BCUT2D eigenvalue weighted by atomic mass is 19.4. The van der Waals surface area contributed by atoms with Crippen molar-refractivity contribution in [3.8, 4) is 11.5 Å². The summed E-state index contributed by atoms with van der Waals surface area (Å²) in [5.41, 5.74) is 0.101. The molecule has 2 rings (SSSR count). The number of benzene rings is 2. The zero-order valence-electron chi connectivity index (χ0n) is 16.3. The molecule has 0 saturated heterocycles. The predicted molar refractivity (Wildman–Crippen MR) is 103 cm³/mol. The molecule has 0 radical (unpaired) electrons. The first-order chi connectivity index (χ1) is 14.2. The van der Waals surface area contributed by atoms with Crippen LogP contribution in [-0.2, 0) is 27.0 Å². The van der Waals surface area contributed by atoms with Gasteiger partial charge < -0.3 is 19.5 Å². The van der Waals surface area contributed by atoms with E-state index in [1.54, 1.807) is 18.2 Å². The molecular formula is C21H20F3NO5. The Labute approximate surface area is 171 Å². The van der Waals surface area contributed by atoms with Gasteiger partial charge in [0.05, 0.1) is 19.8 Å². The van der Waals surface area contributed by atoms with Crippen LogP contribution in [0.1, 0.15) is 16.7 Å². The summed E-state index contributed by atoms with van der Waals surface area (Å²) in [5.74, 6) is -0.330. The van der Waals surface area contributed by atoms with Crippen LogP contribution in [0.5, 0.6) is 11.5 Å². The first-order valence-corrected chi connectivity index (χ1v) is 8.72. The highest BCUT2D eigenvalue weighted by Crippen LogP contribution is 2.30. The number of ether oxygens (including phenoxy) is 3. The van der Waals surface area contributed by atoms with Crippen molar-refractivity contribution in [2.75, 3.05) is 20.8 Å². The van der Waals surface area contributed by atoms with E-state index in [2.05, 4.69) is 5.32 Å². The Morgan fingerprint density at radius 2 is 1.77 bits per heavy atom. The second-order valence-electron chi connectivity index (χ2n) is 6.03. The SMILES string of the molecule is COc1ccc(CNC(=O)COC(=O)C=Cc2cccc(C(F)(F)F)c2)cc1OC. The molecule has 0 heterocycles. The third kappa shape index (κ3) is 6.84. The van der Waals surface area contributed by atoms with E-state index in [1.807, 2.05) is 0 Å². The first kappa shape index (κ1) is 22.8. The molecule has 0 spiro atoms. The van der Waals surface area contributed by atoms with E-state index in [1.165, 1.54) is 32.4 Å². The number of halogens is 3. The standard InChI is InChI=1S/C21H20F3NO5/c1-28-17-8-6-15(11-18(17)29-2)12-25-19(26)13-30-20(27)9-7-14-4-3-5-16(10-14)21(22,23)24/h3-11H,12-13H2,1-2H3,(H,25,26). The third-order valence-electron chi connectivity index (χ3n) is 3.91. The van der Waals surface area contributed by atoms with Crippen LogP contribution in [0.15, 0.2) is 48.5 Å². The molecule has 0 aliphatic heterocycles. The van der Waals surface area contributed by atoms with Crippen LogP contribution in [0.25, 0.3) is 6.08 Å². The molecule has 6 nitrogen and oxygen atoms in total. The fraction of sp³-hybridized carbons (Fsp3) is 0.238. The van der Waals surface area contributed by atoms with Crippen LogP contribution < -0.4 is 14.8 Å². The quantitative estimate of drug-likeness (QED) is 0.519. The Morgan fingerprint density at radius 1 is 1.03 bits per heavy atom. The van der Waals surface area contributed by atoms with Gasteiger partial charge in [0.15, 0.2) is 18.1 Å². The van der Waals surface area contributed by atoms with Crippen LogP contribution in [0.3, 0.4) is 0 Å². The van der Waals surface area contributed by atoms with Crippen molar-refractivity contribution < 1.29 is 37.0 Å². The number of carbonyl (C=O) groups is 2. The van der Waals surface area contributed by atoms with Crippen molar-refractivity contribution in [2.24, 2.45) is 0 Å². The summed E-state index contributed by atoms with van der Waals surface area (Å²) in [6, 6.07) is 9.61. The highest BCUT2D eigenvalue weighted by Gasteiger charge is 2.30. The summed E-state index contributed by atoms with van der Waals surface area (Å²) in [5, 5.41) is 2.58. The molecule has 9 heteroatoms. The van der Waals surface area contributed by atoms with E-state index in [-0.39, 0.29) is 12.1 Å². The average molecular weight is 423 g/mol. The number of alkyl halides is 3. The number of esters is 1.